The number of carboxylic acids is 1. The number of hydrogen-bond donors (Lipinski definition) is 3. The summed E-state index contributed by atoms with van der Waals surface area (Å²) in [5.74, 6) is -1.86. The minimum atomic E-state index is -0.901. The molecule has 0 radical (unpaired) electrons. The Hall–Kier alpha value is -2.18. The molecule has 17 heavy (non-hydrogen) atoms. The van der Waals surface area contributed by atoms with E-state index in [4.69, 9.17) is 5.11 Å². The summed E-state index contributed by atoms with van der Waals surface area (Å²) in [7, 11) is 0. The topological polar surface area (TPSA) is 112 Å². The lowest BCUT2D eigenvalue weighted by molar-refractivity contribution is -0.141. The van der Waals surface area contributed by atoms with Crippen LogP contribution in [0.5, 0.6) is 0 Å². The van der Waals surface area contributed by atoms with Crippen molar-refractivity contribution < 1.29 is 14.7 Å². The van der Waals surface area contributed by atoms with Crippen molar-refractivity contribution in [3.05, 3.63) is 28.2 Å². The van der Waals surface area contributed by atoms with Gasteiger partial charge in [-0.3, -0.25) is 14.4 Å². The van der Waals surface area contributed by atoms with Gasteiger partial charge in [-0.15, -0.1) is 0 Å². The number of nitrogens with one attached hydrogen (secondary N) is 2. The second kappa shape index (κ2) is 5.78. The molecule has 1 rings (SSSR count). The molecule has 1 atom stereocenters. The molecule has 1 unspecified atom stereocenters. The van der Waals surface area contributed by atoms with Crippen LogP contribution in [0.2, 0.25) is 0 Å². The van der Waals surface area contributed by atoms with E-state index >= 15 is 0 Å². The number of aromatic nitrogens is 2. The zero-order valence-electron chi connectivity index (χ0n) is 9.27. The quantitative estimate of drug-likeness (QED) is 0.647. The molecule has 1 amide bonds. The summed E-state index contributed by atoms with van der Waals surface area (Å²) >= 11 is 0. The molecule has 0 bridgehead atoms. The Morgan fingerprint density at radius 2 is 2.24 bits per heavy atom. The van der Waals surface area contributed by atoms with E-state index in [9.17, 15) is 14.4 Å². The highest BCUT2D eigenvalue weighted by Crippen LogP contribution is 2.00. The Morgan fingerprint density at radius 3 is 2.76 bits per heavy atom. The molecule has 0 spiro atoms. The molecule has 0 aliphatic rings. The third-order valence-electron chi connectivity index (χ3n) is 2.20. The average Bonchev–Trinajstić information content (AvgIpc) is 2.29. The first-order chi connectivity index (χ1) is 8.00. The first-order valence-corrected chi connectivity index (χ1v) is 5.07. The Labute approximate surface area is 96.9 Å². The van der Waals surface area contributed by atoms with Crippen molar-refractivity contribution in [1.82, 2.24) is 15.5 Å². The van der Waals surface area contributed by atoms with E-state index in [0.717, 1.165) is 0 Å². The van der Waals surface area contributed by atoms with Gasteiger partial charge in [0.1, 0.15) is 5.69 Å². The van der Waals surface area contributed by atoms with E-state index in [2.05, 4.69) is 15.5 Å². The van der Waals surface area contributed by atoms with Crippen LogP contribution in [0.15, 0.2) is 16.9 Å². The number of rotatable bonds is 5. The maximum atomic E-state index is 11.5. The lowest BCUT2D eigenvalue weighted by Gasteiger charge is -2.06. The molecular weight excluding hydrogens is 226 g/mol. The molecule has 92 valence electrons. The highest BCUT2D eigenvalue weighted by atomic mass is 16.4. The SMILES string of the molecule is CC(CCNC(=O)c1ccc(=O)[nH]n1)C(=O)O. The summed E-state index contributed by atoms with van der Waals surface area (Å²) in [6.45, 7) is 1.81. The molecule has 0 fully saturated rings. The average molecular weight is 239 g/mol. The van der Waals surface area contributed by atoms with Gasteiger partial charge in [-0.2, -0.15) is 5.10 Å². The van der Waals surface area contributed by atoms with Crippen molar-refractivity contribution in [3.8, 4) is 0 Å². The van der Waals surface area contributed by atoms with Gasteiger partial charge in [0.05, 0.1) is 5.92 Å². The van der Waals surface area contributed by atoms with E-state index in [1.54, 1.807) is 6.92 Å². The highest BCUT2D eigenvalue weighted by Gasteiger charge is 2.12. The number of H-pyrrole nitrogens is 1. The predicted octanol–water partition coefficient (Wildman–Crippen LogP) is -0.390. The monoisotopic (exact) mass is 239 g/mol. The van der Waals surface area contributed by atoms with Crippen molar-refractivity contribution in [2.45, 2.75) is 13.3 Å². The van der Waals surface area contributed by atoms with E-state index in [0.29, 0.717) is 6.42 Å². The number of aromatic amines is 1. The fourth-order valence-electron chi connectivity index (χ4n) is 1.09. The maximum absolute atomic E-state index is 11.5. The normalized spacial score (nSPS) is 11.8. The lowest BCUT2D eigenvalue weighted by atomic mass is 10.1. The van der Waals surface area contributed by atoms with Crippen LogP contribution in [0, 0.1) is 5.92 Å². The summed E-state index contributed by atoms with van der Waals surface area (Å²) in [5.41, 5.74) is -0.298. The number of carbonyl (C=O) groups is 2. The second-order valence-electron chi connectivity index (χ2n) is 3.59. The maximum Gasteiger partial charge on any atom is 0.306 e. The number of hydrogen-bond acceptors (Lipinski definition) is 4. The molecule has 0 aromatic carbocycles. The number of amides is 1. The van der Waals surface area contributed by atoms with E-state index < -0.39 is 17.8 Å². The summed E-state index contributed by atoms with van der Waals surface area (Å²) in [5, 5.41) is 16.8. The van der Waals surface area contributed by atoms with E-state index in [1.807, 2.05) is 0 Å². The van der Waals surface area contributed by atoms with Crippen LogP contribution in [-0.4, -0.2) is 33.7 Å². The fourth-order valence-corrected chi connectivity index (χ4v) is 1.09. The zero-order valence-corrected chi connectivity index (χ0v) is 9.27. The van der Waals surface area contributed by atoms with Crippen LogP contribution in [0.25, 0.3) is 0 Å². The third-order valence-corrected chi connectivity index (χ3v) is 2.20. The van der Waals surface area contributed by atoms with Crippen LogP contribution in [0.4, 0.5) is 0 Å². The molecule has 3 N–H and O–H groups in total. The van der Waals surface area contributed by atoms with Crippen molar-refractivity contribution >= 4 is 11.9 Å². The first-order valence-electron chi connectivity index (χ1n) is 5.07. The smallest absolute Gasteiger partial charge is 0.306 e. The van der Waals surface area contributed by atoms with Gasteiger partial charge >= 0.3 is 5.97 Å². The standard InChI is InChI=1S/C10H13N3O4/c1-6(10(16)17)4-5-11-9(15)7-2-3-8(14)13-12-7/h2-3,6H,4-5H2,1H3,(H,11,15)(H,13,14)(H,16,17). The lowest BCUT2D eigenvalue weighted by Crippen LogP contribution is -2.28. The minimum absolute atomic E-state index is 0.0904. The largest absolute Gasteiger partial charge is 0.481 e. The summed E-state index contributed by atoms with van der Waals surface area (Å²) in [6.07, 6.45) is 0.338. The molecule has 1 heterocycles. The van der Waals surface area contributed by atoms with Gasteiger partial charge < -0.3 is 10.4 Å². The molecule has 1 aromatic heterocycles. The Balaban J connectivity index is 2.43. The highest BCUT2D eigenvalue weighted by molar-refractivity contribution is 5.91. The predicted molar refractivity (Wildman–Crippen MR) is 58.6 cm³/mol. The van der Waals surface area contributed by atoms with Crippen molar-refractivity contribution in [1.29, 1.82) is 0 Å². The number of carbonyl (C=O) groups excluding carboxylic acids is 1. The Morgan fingerprint density at radius 1 is 1.53 bits per heavy atom. The fraction of sp³-hybridized carbons (Fsp3) is 0.400. The van der Waals surface area contributed by atoms with Gasteiger partial charge in [0.2, 0.25) is 0 Å². The van der Waals surface area contributed by atoms with Crippen LogP contribution in [0.1, 0.15) is 23.8 Å². The molecule has 0 saturated heterocycles. The summed E-state index contributed by atoms with van der Waals surface area (Å²) < 4.78 is 0. The van der Waals surface area contributed by atoms with Gasteiger partial charge in [0.25, 0.3) is 11.5 Å². The van der Waals surface area contributed by atoms with Crippen LogP contribution in [0.3, 0.4) is 0 Å². The molecule has 7 heteroatoms. The van der Waals surface area contributed by atoms with Crippen LogP contribution < -0.4 is 10.9 Å². The molecule has 1 aromatic rings. The molecule has 0 aliphatic heterocycles. The van der Waals surface area contributed by atoms with Gasteiger partial charge in [0, 0.05) is 12.6 Å². The van der Waals surface area contributed by atoms with Crippen LogP contribution in [-0.2, 0) is 4.79 Å². The summed E-state index contributed by atoms with van der Waals surface area (Å²) in [6, 6.07) is 2.50. The van der Waals surface area contributed by atoms with Gasteiger partial charge in [-0.25, -0.2) is 5.10 Å². The molecule has 7 nitrogen and oxygen atoms in total. The number of carboxylic acid groups (broad SMARTS) is 1. The van der Waals surface area contributed by atoms with E-state index in [-0.39, 0.29) is 17.8 Å². The van der Waals surface area contributed by atoms with Crippen molar-refractivity contribution in [2.75, 3.05) is 6.54 Å². The van der Waals surface area contributed by atoms with Gasteiger partial charge in [-0.05, 0) is 12.5 Å². The van der Waals surface area contributed by atoms with Gasteiger partial charge in [-0.1, -0.05) is 6.92 Å². The van der Waals surface area contributed by atoms with Gasteiger partial charge in [0.15, 0.2) is 0 Å². The van der Waals surface area contributed by atoms with E-state index in [1.165, 1.54) is 12.1 Å². The molecule has 0 saturated carbocycles. The van der Waals surface area contributed by atoms with Crippen molar-refractivity contribution in [3.63, 3.8) is 0 Å². The minimum Gasteiger partial charge on any atom is -0.481 e. The Kier molecular flexibility index (Phi) is 4.38. The zero-order chi connectivity index (χ0) is 12.8. The first kappa shape index (κ1) is 12.9. The number of aliphatic carboxylic acids is 1. The third kappa shape index (κ3) is 4.06. The second-order valence-corrected chi connectivity index (χ2v) is 3.59. The molecular formula is C10H13N3O4. The summed E-state index contributed by atoms with van der Waals surface area (Å²) in [4.78, 5) is 32.7. The Bertz CT molecular complexity index is 448. The van der Waals surface area contributed by atoms with Crippen LogP contribution >= 0.6 is 0 Å². The van der Waals surface area contributed by atoms with Crippen molar-refractivity contribution in [2.24, 2.45) is 5.92 Å². The number of nitrogens with zero attached hydrogens (tertiary/aromatic N) is 1. The molecule has 0 aliphatic carbocycles.